The third-order valence-corrected chi connectivity index (χ3v) is 5.77. The highest BCUT2D eigenvalue weighted by Gasteiger charge is 2.30. The van der Waals surface area contributed by atoms with Gasteiger partial charge in [0.25, 0.3) is 11.5 Å². The second kappa shape index (κ2) is 6.37. The van der Waals surface area contributed by atoms with E-state index in [1.165, 1.54) is 0 Å². The lowest BCUT2D eigenvalue weighted by atomic mass is 9.93. The van der Waals surface area contributed by atoms with Gasteiger partial charge < -0.3 is 4.90 Å². The van der Waals surface area contributed by atoms with E-state index >= 15 is 0 Å². The van der Waals surface area contributed by atoms with Crippen LogP contribution < -0.4 is 5.56 Å². The highest BCUT2D eigenvalue weighted by molar-refractivity contribution is 5.95. The van der Waals surface area contributed by atoms with Gasteiger partial charge in [-0.05, 0) is 51.9 Å². The molecule has 2 unspecified atom stereocenters. The maximum Gasteiger partial charge on any atom is 0.257 e. The van der Waals surface area contributed by atoms with E-state index in [1.54, 1.807) is 10.9 Å². The van der Waals surface area contributed by atoms with Gasteiger partial charge in [0.15, 0.2) is 0 Å². The molecule has 7 nitrogen and oxygen atoms in total. The second-order valence-electron chi connectivity index (χ2n) is 7.70. The van der Waals surface area contributed by atoms with Gasteiger partial charge in [0.1, 0.15) is 0 Å². The molecule has 138 valence electrons. The molecule has 0 saturated carbocycles. The number of nitrogens with zero attached hydrogens (tertiary/aromatic N) is 4. The fourth-order valence-electron chi connectivity index (χ4n) is 4.23. The van der Waals surface area contributed by atoms with E-state index in [1.807, 2.05) is 11.8 Å². The summed E-state index contributed by atoms with van der Waals surface area (Å²) in [7, 11) is 0. The van der Waals surface area contributed by atoms with Crippen molar-refractivity contribution in [1.82, 2.24) is 24.6 Å². The molecular formula is C19H25N5O2. The van der Waals surface area contributed by atoms with Gasteiger partial charge in [-0.25, -0.2) is 9.67 Å². The highest BCUT2D eigenvalue weighted by Crippen LogP contribution is 2.25. The van der Waals surface area contributed by atoms with Gasteiger partial charge >= 0.3 is 0 Å². The summed E-state index contributed by atoms with van der Waals surface area (Å²) in [5.41, 5.74) is 2.83. The molecule has 2 aliphatic rings. The number of piperidine rings is 1. The molecule has 0 spiro atoms. The van der Waals surface area contributed by atoms with E-state index in [2.05, 4.69) is 28.9 Å². The first kappa shape index (κ1) is 17.0. The van der Waals surface area contributed by atoms with E-state index in [9.17, 15) is 9.59 Å². The average Bonchev–Trinajstić information content (AvgIpc) is 3.21. The van der Waals surface area contributed by atoms with Crippen molar-refractivity contribution in [1.29, 1.82) is 0 Å². The number of fused-ring (bicyclic) bond motifs is 1. The minimum Gasteiger partial charge on any atom is -0.336 e. The molecule has 1 N–H and O–H groups in total. The van der Waals surface area contributed by atoms with Crippen LogP contribution in [-0.2, 0) is 12.8 Å². The first-order valence-electron chi connectivity index (χ1n) is 9.43. The zero-order chi connectivity index (χ0) is 18.4. The molecule has 1 aliphatic heterocycles. The van der Waals surface area contributed by atoms with E-state index in [-0.39, 0.29) is 17.5 Å². The summed E-state index contributed by atoms with van der Waals surface area (Å²) in [6.45, 7) is 6.97. The quantitative estimate of drug-likeness (QED) is 0.893. The third kappa shape index (κ3) is 2.75. The molecule has 1 fully saturated rings. The molecule has 2 atom stereocenters. The molecule has 0 aromatic carbocycles. The number of carbonyl (C=O) groups excluding carboxylic acids is 1. The number of hydrogen-bond donors (Lipinski definition) is 1. The molecule has 3 heterocycles. The normalized spacial score (nSPS) is 22.5. The number of nitrogens with one attached hydrogen (secondary N) is 1. The summed E-state index contributed by atoms with van der Waals surface area (Å²) in [5, 5.41) is 4.34. The number of carbonyl (C=O) groups is 1. The predicted molar refractivity (Wildman–Crippen MR) is 97.6 cm³/mol. The van der Waals surface area contributed by atoms with Gasteiger partial charge in [-0.3, -0.25) is 14.6 Å². The Morgan fingerprint density at radius 3 is 2.88 bits per heavy atom. The zero-order valence-electron chi connectivity index (χ0n) is 15.6. The van der Waals surface area contributed by atoms with Crippen molar-refractivity contribution in [3.63, 3.8) is 0 Å². The van der Waals surface area contributed by atoms with E-state index < -0.39 is 0 Å². The summed E-state index contributed by atoms with van der Waals surface area (Å²) in [4.78, 5) is 34.6. The highest BCUT2D eigenvalue weighted by atomic mass is 16.2. The molecule has 2 aromatic rings. The van der Waals surface area contributed by atoms with Crippen molar-refractivity contribution in [2.24, 2.45) is 5.92 Å². The smallest absolute Gasteiger partial charge is 0.257 e. The molecule has 1 amide bonds. The molecule has 26 heavy (non-hydrogen) atoms. The van der Waals surface area contributed by atoms with E-state index in [0.29, 0.717) is 23.1 Å². The summed E-state index contributed by atoms with van der Waals surface area (Å²) < 4.78 is 1.57. The number of likely N-dealkylation sites (tertiary alicyclic amines) is 1. The molecule has 1 aliphatic carbocycles. The topological polar surface area (TPSA) is 83.9 Å². The van der Waals surface area contributed by atoms with Crippen molar-refractivity contribution >= 4 is 5.91 Å². The van der Waals surface area contributed by atoms with Crippen molar-refractivity contribution in [3.8, 4) is 5.95 Å². The summed E-state index contributed by atoms with van der Waals surface area (Å²) in [6.07, 6.45) is 6.21. The average molecular weight is 355 g/mol. The maximum absolute atomic E-state index is 13.0. The molecule has 0 radical (unpaired) electrons. The Bertz CT molecular complexity index is 913. The number of hydrogen-bond acceptors (Lipinski definition) is 4. The number of aromatic amines is 1. The van der Waals surface area contributed by atoms with Crippen LogP contribution in [0.15, 0.2) is 11.0 Å². The number of aromatic nitrogens is 4. The van der Waals surface area contributed by atoms with Crippen molar-refractivity contribution < 1.29 is 4.79 Å². The van der Waals surface area contributed by atoms with Crippen LogP contribution in [0.4, 0.5) is 0 Å². The van der Waals surface area contributed by atoms with E-state index in [0.717, 1.165) is 49.9 Å². The fraction of sp³-hybridized carbons (Fsp3) is 0.579. The van der Waals surface area contributed by atoms with Gasteiger partial charge in [-0.15, -0.1) is 0 Å². The monoisotopic (exact) mass is 355 g/mol. The number of rotatable bonds is 2. The standard InChI is InChI=1S/C19H25N5O2/c1-11-7-8-23(12(2)9-11)18(26)15-10-20-24(13(15)3)19-21-16-6-4-5-14(16)17(25)22-19/h10-12H,4-9H2,1-3H3,(H,21,22,25). The lowest BCUT2D eigenvalue weighted by Gasteiger charge is -2.36. The number of H-pyrrole nitrogens is 1. The van der Waals surface area contributed by atoms with Crippen LogP contribution in [0.3, 0.4) is 0 Å². The Morgan fingerprint density at radius 1 is 1.31 bits per heavy atom. The maximum atomic E-state index is 13.0. The Balaban J connectivity index is 1.66. The van der Waals surface area contributed by atoms with Crippen molar-refractivity contribution in [2.45, 2.75) is 58.9 Å². The Hall–Kier alpha value is -2.44. The summed E-state index contributed by atoms with van der Waals surface area (Å²) in [5.74, 6) is 1.06. The largest absolute Gasteiger partial charge is 0.336 e. The third-order valence-electron chi connectivity index (χ3n) is 5.77. The van der Waals surface area contributed by atoms with Crippen LogP contribution in [0, 0.1) is 12.8 Å². The number of aryl methyl sites for hydroxylation is 1. The molecule has 0 bridgehead atoms. The lowest BCUT2D eigenvalue weighted by Crippen LogP contribution is -2.44. The van der Waals surface area contributed by atoms with Crippen LogP contribution in [0.25, 0.3) is 5.95 Å². The summed E-state index contributed by atoms with van der Waals surface area (Å²) in [6, 6.07) is 0.229. The molecule has 2 aromatic heterocycles. The lowest BCUT2D eigenvalue weighted by molar-refractivity contribution is 0.0588. The van der Waals surface area contributed by atoms with Crippen LogP contribution in [0.1, 0.15) is 60.4 Å². The minimum absolute atomic E-state index is 0.0108. The van der Waals surface area contributed by atoms with E-state index in [4.69, 9.17) is 0 Å². The predicted octanol–water partition coefficient (Wildman–Crippen LogP) is 2.01. The minimum atomic E-state index is -0.0936. The Morgan fingerprint density at radius 2 is 2.12 bits per heavy atom. The van der Waals surface area contributed by atoms with Gasteiger partial charge in [0.05, 0.1) is 23.1 Å². The van der Waals surface area contributed by atoms with Gasteiger partial charge in [0.2, 0.25) is 5.95 Å². The summed E-state index contributed by atoms with van der Waals surface area (Å²) >= 11 is 0. The van der Waals surface area contributed by atoms with Gasteiger partial charge in [-0.2, -0.15) is 5.10 Å². The second-order valence-corrected chi connectivity index (χ2v) is 7.70. The molecule has 4 rings (SSSR count). The Kier molecular flexibility index (Phi) is 4.17. The molecule has 1 saturated heterocycles. The fourth-order valence-corrected chi connectivity index (χ4v) is 4.23. The first-order chi connectivity index (χ1) is 12.5. The van der Waals surface area contributed by atoms with Gasteiger partial charge in [-0.1, -0.05) is 6.92 Å². The van der Waals surface area contributed by atoms with Crippen LogP contribution in [0.5, 0.6) is 0 Å². The van der Waals surface area contributed by atoms with Crippen molar-refractivity contribution in [3.05, 3.63) is 39.1 Å². The Labute approximate surface area is 152 Å². The van der Waals surface area contributed by atoms with Gasteiger partial charge in [0, 0.05) is 18.2 Å². The van der Waals surface area contributed by atoms with Crippen LogP contribution in [0.2, 0.25) is 0 Å². The van der Waals surface area contributed by atoms with Crippen molar-refractivity contribution in [2.75, 3.05) is 6.54 Å². The number of amides is 1. The molecular weight excluding hydrogens is 330 g/mol. The first-order valence-corrected chi connectivity index (χ1v) is 9.43. The SMILES string of the molecule is Cc1c(C(=O)N2CCC(C)CC2C)cnn1-c1nc2c(c(=O)[nH]1)CCC2. The zero-order valence-corrected chi connectivity index (χ0v) is 15.6. The van der Waals surface area contributed by atoms with Crippen LogP contribution in [-0.4, -0.2) is 43.1 Å². The molecule has 7 heteroatoms. The van der Waals surface area contributed by atoms with Crippen LogP contribution >= 0.6 is 0 Å².